The first-order chi connectivity index (χ1) is 9.41. The zero-order chi connectivity index (χ0) is 14.8. The van der Waals surface area contributed by atoms with Gasteiger partial charge >= 0.3 is 0 Å². The summed E-state index contributed by atoms with van der Waals surface area (Å²) in [4.78, 5) is 14.4. The fraction of sp³-hybridized carbons (Fsp3) is 0.353. The van der Waals surface area contributed by atoms with Crippen molar-refractivity contribution in [1.82, 2.24) is 0 Å². The molecule has 0 amide bonds. The molecule has 106 valence electrons. The number of thiophene rings is 1. The van der Waals surface area contributed by atoms with Crippen molar-refractivity contribution in [1.29, 1.82) is 0 Å². The van der Waals surface area contributed by atoms with Gasteiger partial charge in [-0.25, -0.2) is 0 Å². The molecule has 0 aliphatic heterocycles. The highest BCUT2D eigenvalue weighted by Gasteiger charge is 2.19. The van der Waals surface area contributed by atoms with Crippen LogP contribution in [0.1, 0.15) is 40.9 Å². The molecule has 3 heteroatoms. The zero-order valence-corrected chi connectivity index (χ0v) is 13.2. The van der Waals surface area contributed by atoms with Gasteiger partial charge in [-0.15, -0.1) is 11.3 Å². The van der Waals surface area contributed by atoms with Crippen LogP contribution in [-0.2, 0) is 11.8 Å². The molecule has 0 atom stereocenters. The summed E-state index contributed by atoms with van der Waals surface area (Å²) in [5.74, 6) is 0.920. The summed E-state index contributed by atoms with van der Waals surface area (Å²) in [6.45, 7) is 6.48. The van der Waals surface area contributed by atoms with Gasteiger partial charge in [0.1, 0.15) is 5.75 Å². The summed E-state index contributed by atoms with van der Waals surface area (Å²) in [6, 6.07) is 11.7. The molecule has 20 heavy (non-hydrogen) atoms. The lowest BCUT2D eigenvalue weighted by Crippen LogP contribution is -2.08. The van der Waals surface area contributed by atoms with Gasteiger partial charge < -0.3 is 4.74 Å². The molecule has 1 heterocycles. The van der Waals surface area contributed by atoms with Gasteiger partial charge in [0.05, 0.1) is 12.0 Å². The van der Waals surface area contributed by atoms with Crippen molar-refractivity contribution in [3.63, 3.8) is 0 Å². The molecule has 0 fully saturated rings. The van der Waals surface area contributed by atoms with Crippen LogP contribution in [-0.4, -0.2) is 12.9 Å². The van der Waals surface area contributed by atoms with E-state index in [0.29, 0.717) is 6.42 Å². The van der Waals surface area contributed by atoms with Crippen LogP contribution in [0.25, 0.3) is 0 Å². The van der Waals surface area contributed by atoms with Gasteiger partial charge in [-0.2, -0.15) is 0 Å². The molecule has 0 spiro atoms. The highest BCUT2D eigenvalue weighted by molar-refractivity contribution is 7.14. The van der Waals surface area contributed by atoms with Gasteiger partial charge in [0.2, 0.25) is 0 Å². The molecule has 2 nitrogen and oxygen atoms in total. The van der Waals surface area contributed by atoms with Crippen LogP contribution in [0.4, 0.5) is 0 Å². The quantitative estimate of drug-likeness (QED) is 0.775. The third kappa shape index (κ3) is 3.28. The smallest absolute Gasteiger partial charge is 0.177 e. The Morgan fingerprint density at radius 2 is 1.85 bits per heavy atom. The number of methoxy groups -OCH3 is 1. The van der Waals surface area contributed by atoms with E-state index in [9.17, 15) is 4.79 Å². The van der Waals surface area contributed by atoms with E-state index in [0.717, 1.165) is 16.2 Å². The number of para-hydroxylation sites is 1. The third-order valence-corrected chi connectivity index (χ3v) is 4.72. The minimum Gasteiger partial charge on any atom is -0.496 e. The van der Waals surface area contributed by atoms with Crippen LogP contribution in [0.3, 0.4) is 0 Å². The summed E-state index contributed by atoms with van der Waals surface area (Å²) >= 11 is 1.59. The lowest BCUT2D eigenvalue weighted by molar-refractivity contribution is 0.0996. The lowest BCUT2D eigenvalue weighted by atomic mass is 9.95. The number of benzene rings is 1. The van der Waals surface area contributed by atoms with Gasteiger partial charge in [0.15, 0.2) is 5.78 Å². The molecular formula is C17H20O2S. The van der Waals surface area contributed by atoms with Crippen LogP contribution >= 0.6 is 11.3 Å². The number of Topliss-reactive ketones (excluding diaryl/α,β-unsaturated/α-hetero) is 1. The average Bonchev–Trinajstić information content (AvgIpc) is 2.89. The van der Waals surface area contributed by atoms with E-state index >= 15 is 0 Å². The van der Waals surface area contributed by atoms with Crippen LogP contribution in [0.5, 0.6) is 5.75 Å². The first-order valence-electron chi connectivity index (χ1n) is 6.67. The topological polar surface area (TPSA) is 26.3 Å². The minimum atomic E-state index is 0.0909. The molecular weight excluding hydrogens is 268 g/mol. The first kappa shape index (κ1) is 14.8. The maximum atomic E-state index is 12.4. The molecule has 0 unspecified atom stereocenters. The molecule has 0 saturated carbocycles. The van der Waals surface area contributed by atoms with Crippen molar-refractivity contribution >= 4 is 17.1 Å². The van der Waals surface area contributed by atoms with Crippen molar-refractivity contribution in [3.8, 4) is 5.75 Å². The highest BCUT2D eigenvalue weighted by atomic mass is 32.1. The lowest BCUT2D eigenvalue weighted by Gasteiger charge is -2.15. The number of rotatable bonds is 4. The third-order valence-electron chi connectivity index (χ3n) is 3.16. The van der Waals surface area contributed by atoms with Crippen LogP contribution in [0.15, 0.2) is 36.4 Å². The number of hydrogen-bond acceptors (Lipinski definition) is 3. The maximum Gasteiger partial charge on any atom is 0.177 e. The molecule has 0 aliphatic carbocycles. The normalized spacial score (nSPS) is 11.4. The Morgan fingerprint density at radius 1 is 1.15 bits per heavy atom. The summed E-state index contributed by atoms with van der Waals surface area (Å²) in [5, 5.41) is 0. The Kier molecular flexibility index (Phi) is 4.29. The average molecular weight is 288 g/mol. The Bertz CT molecular complexity index is 605. The molecule has 0 bridgehead atoms. The summed E-state index contributed by atoms with van der Waals surface area (Å²) < 4.78 is 5.29. The maximum absolute atomic E-state index is 12.4. The molecule has 0 N–H and O–H groups in total. The van der Waals surface area contributed by atoms with E-state index in [1.54, 1.807) is 18.4 Å². The number of carbonyl (C=O) groups is 1. The van der Waals surface area contributed by atoms with E-state index in [1.807, 2.05) is 30.3 Å². The molecule has 0 aliphatic rings. The molecule has 2 rings (SSSR count). The van der Waals surface area contributed by atoms with E-state index < -0.39 is 0 Å². The first-order valence-corrected chi connectivity index (χ1v) is 7.49. The standard InChI is InChI=1S/C17H20O2S/c1-17(2,3)16-10-9-15(20-16)13(18)11-12-7-5-6-8-14(12)19-4/h5-10H,11H2,1-4H3. The van der Waals surface area contributed by atoms with E-state index in [-0.39, 0.29) is 11.2 Å². The Balaban J connectivity index is 2.18. The molecule has 2 aromatic rings. The van der Waals surface area contributed by atoms with Crippen LogP contribution < -0.4 is 4.74 Å². The second kappa shape index (κ2) is 5.80. The largest absolute Gasteiger partial charge is 0.496 e. The van der Waals surface area contributed by atoms with Crippen molar-refractivity contribution in [2.75, 3.05) is 7.11 Å². The number of ketones is 1. The molecule has 1 aromatic carbocycles. The Morgan fingerprint density at radius 3 is 2.45 bits per heavy atom. The van der Waals surface area contributed by atoms with Gasteiger partial charge in [-0.1, -0.05) is 39.0 Å². The van der Waals surface area contributed by atoms with E-state index in [1.165, 1.54) is 4.88 Å². The van der Waals surface area contributed by atoms with Gasteiger partial charge in [-0.3, -0.25) is 4.79 Å². The summed E-state index contributed by atoms with van der Waals surface area (Å²) in [6.07, 6.45) is 0.383. The van der Waals surface area contributed by atoms with Crippen molar-refractivity contribution in [2.45, 2.75) is 32.6 Å². The second-order valence-corrected chi connectivity index (χ2v) is 6.91. The number of carbonyl (C=O) groups excluding carboxylic acids is 1. The summed E-state index contributed by atoms with van der Waals surface area (Å²) in [5.41, 5.74) is 1.03. The van der Waals surface area contributed by atoms with Gasteiger partial charge in [0.25, 0.3) is 0 Å². The SMILES string of the molecule is COc1ccccc1CC(=O)c1ccc(C(C)(C)C)s1. The number of ether oxygens (including phenoxy) is 1. The van der Waals surface area contributed by atoms with E-state index in [2.05, 4.69) is 26.8 Å². The monoisotopic (exact) mass is 288 g/mol. The zero-order valence-electron chi connectivity index (χ0n) is 12.4. The Labute approximate surface area is 124 Å². The van der Waals surface area contributed by atoms with Crippen LogP contribution in [0, 0.1) is 0 Å². The van der Waals surface area contributed by atoms with Crippen molar-refractivity contribution in [3.05, 3.63) is 51.7 Å². The van der Waals surface area contributed by atoms with Crippen molar-refractivity contribution in [2.24, 2.45) is 0 Å². The molecule has 0 radical (unpaired) electrons. The minimum absolute atomic E-state index is 0.0909. The highest BCUT2D eigenvalue weighted by Crippen LogP contribution is 2.30. The van der Waals surface area contributed by atoms with Gasteiger partial charge in [0, 0.05) is 16.9 Å². The number of hydrogen-bond donors (Lipinski definition) is 0. The Hall–Kier alpha value is -1.61. The fourth-order valence-electron chi connectivity index (χ4n) is 2.00. The second-order valence-electron chi connectivity index (χ2n) is 5.83. The molecule has 0 saturated heterocycles. The summed E-state index contributed by atoms with van der Waals surface area (Å²) in [7, 11) is 1.63. The van der Waals surface area contributed by atoms with Crippen molar-refractivity contribution < 1.29 is 9.53 Å². The fourth-order valence-corrected chi connectivity index (χ4v) is 3.00. The molecule has 1 aromatic heterocycles. The predicted octanol–water partition coefficient (Wildman–Crippen LogP) is 4.48. The van der Waals surface area contributed by atoms with E-state index in [4.69, 9.17) is 4.74 Å². The van der Waals surface area contributed by atoms with Gasteiger partial charge in [-0.05, 0) is 23.6 Å². The predicted molar refractivity (Wildman–Crippen MR) is 84.0 cm³/mol. The van der Waals surface area contributed by atoms with Crippen LogP contribution in [0.2, 0.25) is 0 Å².